The molecule has 0 atom stereocenters. The van der Waals surface area contributed by atoms with Gasteiger partial charge in [0.2, 0.25) is 0 Å². The van der Waals surface area contributed by atoms with Gasteiger partial charge in [-0.15, -0.1) is 0 Å². The quantitative estimate of drug-likeness (QED) is 0.485. The first-order chi connectivity index (χ1) is 5.27. The van der Waals surface area contributed by atoms with Gasteiger partial charge >= 0.3 is 5.97 Å². The number of hydrogen-bond donors (Lipinski definition) is 0. The zero-order valence-corrected chi connectivity index (χ0v) is 7.09. The van der Waals surface area contributed by atoms with Crippen molar-refractivity contribution in [3.05, 3.63) is 28.0 Å². The molecule has 0 saturated carbocycles. The van der Waals surface area contributed by atoms with Gasteiger partial charge in [-0.3, -0.25) is 0 Å². The van der Waals surface area contributed by atoms with E-state index in [0.29, 0.717) is 17.9 Å². The molecule has 4 heteroatoms. The maximum Gasteiger partial charge on any atom is 0.340 e. The van der Waals surface area contributed by atoms with Crippen molar-refractivity contribution in [2.45, 2.75) is 6.61 Å². The van der Waals surface area contributed by atoms with E-state index in [0.717, 1.165) is 4.60 Å². The summed E-state index contributed by atoms with van der Waals surface area (Å²) in [6, 6.07) is 3.44. The van der Waals surface area contributed by atoms with Crippen LogP contribution in [-0.4, -0.2) is 11.0 Å². The van der Waals surface area contributed by atoms with Crippen LogP contribution >= 0.6 is 15.9 Å². The molecular formula is C7H4BrNO2. The third-order valence-electron chi connectivity index (χ3n) is 1.50. The fourth-order valence-electron chi connectivity index (χ4n) is 0.982. The van der Waals surface area contributed by atoms with E-state index in [1.807, 2.05) is 0 Å². The van der Waals surface area contributed by atoms with E-state index in [4.69, 9.17) is 4.74 Å². The monoisotopic (exact) mass is 213 g/mol. The lowest BCUT2D eigenvalue weighted by Crippen LogP contribution is -1.93. The Kier molecular flexibility index (Phi) is 1.42. The molecule has 1 aliphatic rings. The molecule has 0 aromatic carbocycles. The Balaban J connectivity index is 2.59. The molecule has 3 nitrogen and oxygen atoms in total. The van der Waals surface area contributed by atoms with Crippen molar-refractivity contribution in [1.29, 1.82) is 0 Å². The highest BCUT2D eigenvalue weighted by molar-refractivity contribution is 9.10. The predicted octanol–water partition coefficient (Wildman–Crippen LogP) is 1.51. The smallest absolute Gasteiger partial charge is 0.340 e. The third-order valence-corrected chi connectivity index (χ3v) is 1.94. The second kappa shape index (κ2) is 2.30. The van der Waals surface area contributed by atoms with Gasteiger partial charge in [-0.1, -0.05) is 0 Å². The molecule has 0 amide bonds. The van der Waals surface area contributed by atoms with Gasteiger partial charge in [-0.25, -0.2) is 9.78 Å². The molecule has 0 N–H and O–H groups in total. The molecule has 11 heavy (non-hydrogen) atoms. The zero-order valence-electron chi connectivity index (χ0n) is 5.50. The lowest BCUT2D eigenvalue weighted by Gasteiger charge is -1.91. The molecule has 2 rings (SSSR count). The van der Waals surface area contributed by atoms with Crippen molar-refractivity contribution in [1.82, 2.24) is 4.98 Å². The van der Waals surface area contributed by atoms with E-state index < -0.39 is 0 Å². The number of fused-ring (bicyclic) bond motifs is 1. The largest absolute Gasteiger partial charge is 0.456 e. The summed E-state index contributed by atoms with van der Waals surface area (Å²) in [5.74, 6) is -0.278. The Morgan fingerprint density at radius 2 is 2.36 bits per heavy atom. The first-order valence-electron chi connectivity index (χ1n) is 3.10. The van der Waals surface area contributed by atoms with Crippen molar-refractivity contribution in [3.63, 3.8) is 0 Å². The number of halogens is 1. The fraction of sp³-hybridized carbons (Fsp3) is 0.143. The van der Waals surface area contributed by atoms with Crippen LogP contribution in [0.5, 0.6) is 0 Å². The number of ether oxygens (including phenoxy) is 1. The maximum atomic E-state index is 10.9. The third kappa shape index (κ3) is 1.03. The highest BCUT2D eigenvalue weighted by Gasteiger charge is 2.21. The number of carbonyl (C=O) groups excluding carboxylic acids is 1. The number of nitrogens with zero attached hydrogens (tertiary/aromatic N) is 1. The van der Waals surface area contributed by atoms with E-state index in [2.05, 4.69) is 20.9 Å². The number of esters is 1. The van der Waals surface area contributed by atoms with Crippen LogP contribution < -0.4 is 0 Å². The van der Waals surface area contributed by atoms with Gasteiger partial charge in [0.25, 0.3) is 0 Å². The zero-order chi connectivity index (χ0) is 7.84. The van der Waals surface area contributed by atoms with Crippen LogP contribution in [0.2, 0.25) is 0 Å². The van der Waals surface area contributed by atoms with Gasteiger partial charge in [0.1, 0.15) is 11.2 Å². The molecule has 0 radical (unpaired) electrons. The lowest BCUT2D eigenvalue weighted by molar-refractivity contribution is 0.0533. The molecule has 1 aromatic heterocycles. The molecule has 2 heterocycles. The van der Waals surface area contributed by atoms with Crippen LogP contribution in [0.3, 0.4) is 0 Å². The molecule has 0 spiro atoms. The minimum absolute atomic E-state index is 0.278. The first-order valence-corrected chi connectivity index (χ1v) is 3.89. The van der Waals surface area contributed by atoms with E-state index in [1.165, 1.54) is 0 Å². The van der Waals surface area contributed by atoms with Crippen molar-refractivity contribution in [3.8, 4) is 0 Å². The lowest BCUT2D eigenvalue weighted by atomic mass is 10.2. The van der Waals surface area contributed by atoms with Gasteiger partial charge in [0, 0.05) is 0 Å². The number of cyclic esters (lactones) is 1. The molecule has 56 valence electrons. The van der Waals surface area contributed by atoms with Gasteiger partial charge in [-0.2, -0.15) is 0 Å². The minimum Gasteiger partial charge on any atom is -0.456 e. The maximum absolute atomic E-state index is 10.9. The highest BCUT2D eigenvalue weighted by Crippen LogP contribution is 2.19. The standard InChI is InChI=1S/C7H4BrNO2/c8-6-2-1-4-5(9-6)3-11-7(4)10/h1-2H,3H2. The summed E-state index contributed by atoms with van der Waals surface area (Å²) < 4.78 is 5.49. The molecule has 0 bridgehead atoms. The number of pyridine rings is 1. The molecule has 0 aliphatic carbocycles. The molecule has 0 unspecified atom stereocenters. The summed E-state index contributed by atoms with van der Waals surface area (Å²) in [6.45, 7) is 0.299. The van der Waals surface area contributed by atoms with Gasteiger partial charge in [0.15, 0.2) is 0 Å². The topological polar surface area (TPSA) is 39.2 Å². The summed E-state index contributed by atoms with van der Waals surface area (Å²) in [7, 11) is 0. The number of carbonyl (C=O) groups is 1. The molecule has 0 saturated heterocycles. The summed E-state index contributed by atoms with van der Waals surface area (Å²) in [6.07, 6.45) is 0. The Morgan fingerprint density at radius 3 is 3.18 bits per heavy atom. The Hall–Kier alpha value is -0.900. The van der Waals surface area contributed by atoms with Gasteiger partial charge in [0.05, 0.1) is 11.3 Å². The van der Waals surface area contributed by atoms with Crippen LogP contribution in [0.25, 0.3) is 0 Å². The fourth-order valence-corrected chi connectivity index (χ4v) is 1.33. The summed E-state index contributed by atoms with van der Waals surface area (Å²) in [5.41, 5.74) is 1.29. The summed E-state index contributed by atoms with van der Waals surface area (Å²) in [5, 5.41) is 0. The Morgan fingerprint density at radius 1 is 1.55 bits per heavy atom. The molecule has 0 fully saturated rings. The second-order valence-electron chi connectivity index (χ2n) is 2.20. The van der Waals surface area contributed by atoms with Crippen molar-refractivity contribution in [2.24, 2.45) is 0 Å². The van der Waals surface area contributed by atoms with E-state index in [-0.39, 0.29) is 5.97 Å². The van der Waals surface area contributed by atoms with E-state index in [9.17, 15) is 4.79 Å². The van der Waals surface area contributed by atoms with Crippen LogP contribution in [-0.2, 0) is 11.3 Å². The summed E-state index contributed by atoms with van der Waals surface area (Å²) in [4.78, 5) is 15.0. The van der Waals surface area contributed by atoms with Crippen LogP contribution in [0.15, 0.2) is 16.7 Å². The van der Waals surface area contributed by atoms with E-state index >= 15 is 0 Å². The molecule has 1 aromatic rings. The highest BCUT2D eigenvalue weighted by atomic mass is 79.9. The number of rotatable bonds is 0. The average Bonchev–Trinajstić information content (AvgIpc) is 2.32. The van der Waals surface area contributed by atoms with E-state index in [1.54, 1.807) is 12.1 Å². The van der Waals surface area contributed by atoms with Crippen LogP contribution in [0, 0.1) is 0 Å². The molecule has 1 aliphatic heterocycles. The Labute approximate surface area is 71.5 Å². The summed E-state index contributed by atoms with van der Waals surface area (Å²) >= 11 is 3.21. The van der Waals surface area contributed by atoms with Crippen molar-refractivity contribution < 1.29 is 9.53 Å². The molecular weight excluding hydrogens is 210 g/mol. The van der Waals surface area contributed by atoms with Crippen LogP contribution in [0.1, 0.15) is 16.1 Å². The minimum atomic E-state index is -0.278. The second-order valence-corrected chi connectivity index (χ2v) is 3.02. The van der Waals surface area contributed by atoms with Crippen molar-refractivity contribution >= 4 is 21.9 Å². The van der Waals surface area contributed by atoms with Crippen LogP contribution in [0.4, 0.5) is 0 Å². The van der Waals surface area contributed by atoms with Crippen molar-refractivity contribution in [2.75, 3.05) is 0 Å². The average molecular weight is 214 g/mol. The number of hydrogen-bond acceptors (Lipinski definition) is 3. The Bertz CT molecular complexity index is 324. The normalized spacial score (nSPS) is 14.5. The SMILES string of the molecule is O=C1OCc2nc(Br)ccc21. The van der Waals surface area contributed by atoms with Gasteiger partial charge in [-0.05, 0) is 28.1 Å². The van der Waals surface area contributed by atoms with Gasteiger partial charge < -0.3 is 4.74 Å². The number of aromatic nitrogens is 1. The first kappa shape index (κ1) is 6.79. The predicted molar refractivity (Wildman–Crippen MR) is 41.1 cm³/mol.